The molecule has 0 unspecified atom stereocenters. The molecule has 0 bridgehead atoms. The van der Waals surface area contributed by atoms with E-state index in [-0.39, 0.29) is 11.8 Å². The predicted molar refractivity (Wildman–Crippen MR) is 96.6 cm³/mol. The summed E-state index contributed by atoms with van der Waals surface area (Å²) in [6.45, 7) is -1.23. The Morgan fingerprint density at radius 3 is 2.37 bits per heavy atom. The van der Waals surface area contributed by atoms with Crippen molar-refractivity contribution in [2.24, 2.45) is 0 Å². The maximum atomic E-state index is 12.5. The van der Waals surface area contributed by atoms with Crippen LogP contribution in [-0.2, 0) is 10.0 Å². The van der Waals surface area contributed by atoms with Gasteiger partial charge >= 0.3 is 6.18 Å². The minimum atomic E-state index is -4.39. The van der Waals surface area contributed by atoms with Gasteiger partial charge in [-0.1, -0.05) is 0 Å². The normalized spacial score (nSPS) is 12.1. The first-order valence-corrected chi connectivity index (χ1v) is 9.49. The molecule has 2 heterocycles. The highest BCUT2D eigenvalue weighted by atomic mass is 32.2. The number of sulfonamides is 1. The van der Waals surface area contributed by atoms with Gasteiger partial charge in [0, 0.05) is 17.6 Å². The number of halogens is 3. The lowest BCUT2D eigenvalue weighted by Crippen LogP contribution is -2.22. The van der Waals surface area contributed by atoms with Gasteiger partial charge in [0.05, 0.1) is 11.6 Å². The van der Waals surface area contributed by atoms with E-state index in [0.29, 0.717) is 22.4 Å². The van der Waals surface area contributed by atoms with Gasteiger partial charge in [-0.05, 0) is 30.3 Å². The van der Waals surface area contributed by atoms with Crippen molar-refractivity contribution in [2.75, 3.05) is 28.2 Å². The molecule has 0 spiro atoms. The summed E-state index contributed by atoms with van der Waals surface area (Å²) in [7, 11) is -3.39. The van der Waals surface area contributed by atoms with Gasteiger partial charge in [-0.15, -0.1) is 0 Å². The number of benzene rings is 1. The van der Waals surface area contributed by atoms with E-state index < -0.39 is 22.7 Å². The largest absolute Gasteiger partial charge is 0.405 e. The highest BCUT2D eigenvalue weighted by Crippen LogP contribution is 2.25. The molecule has 0 aliphatic heterocycles. The molecule has 0 fully saturated rings. The average molecular weight is 400 g/mol. The summed E-state index contributed by atoms with van der Waals surface area (Å²) in [5, 5.41) is 5.56. The molecule has 0 radical (unpaired) electrons. The fourth-order valence-electron chi connectivity index (χ4n) is 2.28. The fourth-order valence-corrected chi connectivity index (χ4v) is 2.84. The van der Waals surface area contributed by atoms with Crippen LogP contribution in [0.4, 0.5) is 36.3 Å². The topological polar surface area (TPSA) is 112 Å². The summed E-state index contributed by atoms with van der Waals surface area (Å²) in [6, 6.07) is 7.79. The molecule has 0 aliphatic carbocycles. The molecule has 144 valence electrons. The van der Waals surface area contributed by atoms with Gasteiger partial charge in [0.1, 0.15) is 18.0 Å². The van der Waals surface area contributed by atoms with E-state index in [1.54, 1.807) is 24.4 Å². The number of rotatable bonds is 6. The third kappa shape index (κ3) is 5.23. The molecule has 27 heavy (non-hydrogen) atoms. The second-order valence-corrected chi connectivity index (χ2v) is 7.43. The summed E-state index contributed by atoms with van der Waals surface area (Å²) >= 11 is 0. The van der Waals surface area contributed by atoms with Crippen molar-refractivity contribution >= 4 is 44.2 Å². The van der Waals surface area contributed by atoms with Crippen molar-refractivity contribution in [1.82, 2.24) is 15.0 Å². The molecule has 4 N–H and O–H groups in total. The minimum Gasteiger partial charge on any atom is -0.360 e. The second-order valence-electron chi connectivity index (χ2n) is 5.68. The van der Waals surface area contributed by atoms with E-state index in [2.05, 4.69) is 30.3 Å². The summed E-state index contributed by atoms with van der Waals surface area (Å²) in [6.07, 6.45) is -1.80. The molecule has 8 nitrogen and oxygen atoms in total. The van der Waals surface area contributed by atoms with E-state index in [1.807, 2.05) is 0 Å². The Balaban J connectivity index is 1.82. The van der Waals surface area contributed by atoms with E-state index in [0.717, 1.165) is 6.26 Å². The molecule has 12 heteroatoms. The minimum absolute atomic E-state index is 0.0384. The van der Waals surface area contributed by atoms with Crippen LogP contribution < -0.4 is 15.4 Å². The number of aromatic amines is 1. The van der Waals surface area contributed by atoms with Crippen LogP contribution in [0.3, 0.4) is 0 Å². The Morgan fingerprint density at radius 1 is 1.07 bits per heavy atom. The van der Waals surface area contributed by atoms with E-state index in [9.17, 15) is 21.6 Å². The molecule has 0 aliphatic rings. The number of aromatic nitrogens is 3. The Labute approximate surface area is 152 Å². The number of hydrogen-bond donors (Lipinski definition) is 4. The first-order chi connectivity index (χ1) is 12.6. The van der Waals surface area contributed by atoms with Crippen LogP contribution in [0.2, 0.25) is 0 Å². The van der Waals surface area contributed by atoms with E-state index in [4.69, 9.17) is 0 Å². The van der Waals surface area contributed by atoms with Crippen molar-refractivity contribution in [3.05, 3.63) is 36.5 Å². The quantitative estimate of drug-likeness (QED) is 0.506. The van der Waals surface area contributed by atoms with Gasteiger partial charge in [0.25, 0.3) is 0 Å². The van der Waals surface area contributed by atoms with E-state index in [1.165, 1.54) is 12.1 Å². The van der Waals surface area contributed by atoms with Gasteiger partial charge in [-0.3, -0.25) is 4.72 Å². The number of alkyl halides is 3. The van der Waals surface area contributed by atoms with Crippen molar-refractivity contribution in [3.8, 4) is 0 Å². The van der Waals surface area contributed by atoms with Crippen LogP contribution in [0, 0.1) is 0 Å². The van der Waals surface area contributed by atoms with Crippen molar-refractivity contribution in [3.63, 3.8) is 0 Å². The number of hydrogen-bond acceptors (Lipinski definition) is 6. The van der Waals surface area contributed by atoms with Crippen molar-refractivity contribution < 1.29 is 21.6 Å². The maximum Gasteiger partial charge on any atom is 0.405 e. The van der Waals surface area contributed by atoms with Gasteiger partial charge in [0.2, 0.25) is 16.0 Å². The Hall–Kier alpha value is -3.02. The van der Waals surface area contributed by atoms with Crippen LogP contribution in [-0.4, -0.2) is 42.3 Å². The molecule has 1 aromatic carbocycles. The van der Waals surface area contributed by atoms with Crippen LogP contribution in [0.1, 0.15) is 0 Å². The SMILES string of the molecule is CS(=O)(=O)Nc1ccc(Nc2nc(NCC(F)(F)F)c3cc[nH]c3n2)cc1. The monoisotopic (exact) mass is 400 g/mol. The Morgan fingerprint density at radius 2 is 1.74 bits per heavy atom. The first-order valence-electron chi connectivity index (χ1n) is 7.60. The zero-order chi connectivity index (χ0) is 19.7. The summed E-state index contributed by atoms with van der Waals surface area (Å²) < 4.78 is 62.2. The Kier molecular flexibility index (Phi) is 4.83. The highest BCUT2D eigenvalue weighted by molar-refractivity contribution is 7.92. The first kappa shape index (κ1) is 18.8. The molecular weight excluding hydrogens is 385 g/mol. The van der Waals surface area contributed by atoms with Crippen LogP contribution >= 0.6 is 0 Å². The molecule has 2 aromatic heterocycles. The smallest absolute Gasteiger partial charge is 0.360 e. The summed E-state index contributed by atoms with van der Waals surface area (Å²) in [5.41, 5.74) is 1.27. The third-order valence-corrected chi connectivity index (χ3v) is 3.92. The summed E-state index contributed by atoms with van der Waals surface area (Å²) in [4.78, 5) is 11.1. The zero-order valence-corrected chi connectivity index (χ0v) is 14.7. The predicted octanol–water partition coefficient (Wildman–Crippen LogP) is 3.05. The molecule has 3 aromatic rings. The standard InChI is InChI=1S/C15H15F3N6O2S/c1-27(25,26)24-10-4-2-9(3-5-10)21-14-22-12-11(6-7-19-12)13(23-14)20-8-15(16,17)18/h2-7,24H,8H2,1H3,(H3,19,20,21,22,23). The number of nitrogens with zero attached hydrogens (tertiary/aromatic N) is 2. The highest BCUT2D eigenvalue weighted by Gasteiger charge is 2.27. The van der Waals surface area contributed by atoms with Crippen LogP contribution in [0.15, 0.2) is 36.5 Å². The van der Waals surface area contributed by atoms with Crippen LogP contribution in [0.25, 0.3) is 11.0 Å². The summed E-state index contributed by atoms with van der Waals surface area (Å²) in [5.74, 6) is 0.120. The van der Waals surface area contributed by atoms with Crippen LogP contribution in [0.5, 0.6) is 0 Å². The lowest BCUT2D eigenvalue weighted by molar-refractivity contribution is -0.115. The lowest BCUT2D eigenvalue weighted by Gasteiger charge is -2.12. The van der Waals surface area contributed by atoms with Gasteiger partial charge in [0.15, 0.2) is 0 Å². The molecule has 3 rings (SSSR count). The number of nitrogens with one attached hydrogen (secondary N) is 4. The molecule has 0 saturated carbocycles. The molecule has 0 amide bonds. The third-order valence-electron chi connectivity index (χ3n) is 3.32. The van der Waals surface area contributed by atoms with Gasteiger partial charge < -0.3 is 15.6 Å². The molecule has 0 atom stereocenters. The average Bonchev–Trinajstić information content (AvgIpc) is 3.01. The maximum absolute atomic E-state index is 12.5. The second kappa shape index (κ2) is 6.95. The number of fused-ring (bicyclic) bond motifs is 1. The number of anilines is 4. The Bertz CT molecular complexity index is 1050. The van der Waals surface area contributed by atoms with E-state index >= 15 is 0 Å². The van der Waals surface area contributed by atoms with Crippen molar-refractivity contribution in [2.45, 2.75) is 6.18 Å². The zero-order valence-electron chi connectivity index (χ0n) is 13.9. The lowest BCUT2D eigenvalue weighted by atomic mass is 10.3. The van der Waals surface area contributed by atoms with Gasteiger partial charge in [-0.2, -0.15) is 23.1 Å². The molecule has 0 saturated heterocycles. The molecular formula is C15H15F3N6O2S. The van der Waals surface area contributed by atoms with Crippen molar-refractivity contribution in [1.29, 1.82) is 0 Å². The number of H-pyrrole nitrogens is 1. The fraction of sp³-hybridized carbons (Fsp3) is 0.200. The van der Waals surface area contributed by atoms with Gasteiger partial charge in [-0.25, -0.2) is 8.42 Å².